The molecule has 0 aliphatic carbocycles. The minimum atomic E-state index is -0.434. The Labute approximate surface area is 141 Å². The van der Waals surface area contributed by atoms with Gasteiger partial charge in [0.2, 0.25) is 5.91 Å². The fraction of sp³-hybridized carbons (Fsp3) is 0.625. The molecule has 6 nitrogen and oxygen atoms in total. The minimum absolute atomic E-state index is 0.0801. The monoisotopic (exact) mass is 336 g/mol. The summed E-state index contributed by atoms with van der Waals surface area (Å²) < 4.78 is 0. The average molecular weight is 336 g/mol. The second-order valence-electron chi connectivity index (χ2n) is 6.26. The van der Waals surface area contributed by atoms with Crippen LogP contribution in [0, 0.1) is 5.92 Å². The lowest BCUT2D eigenvalue weighted by molar-refractivity contribution is -0.125. The maximum absolute atomic E-state index is 12.5. The van der Waals surface area contributed by atoms with E-state index in [1.54, 1.807) is 16.7 Å². The number of thioether (sulfide) groups is 1. The van der Waals surface area contributed by atoms with E-state index in [0.29, 0.717) is 17.5 Å². The van der Waals surface area contributed by atoms with Gasteiger partial charge in [0.1, 0.15) is 11.7 Å². The third-order valence-electron chi connectivity index (χ3n) is 3.79. The van der Waals surface area contributed by atoms with Gasteiger partial charge in [-0.15, -0.1) is 11.8 Å². The van der Waals surface area contributed by atoms with Gasteiger partial charge in [0.25, 0.3) is 5.91 Å². The second kappa shape index (κ2) is 8.29. The standard InChI is InChI=1S/C16H24N4O2S/c1-11(2)4-5-12(3)19-15(21)14-9-23-10-20(14)16(22)13-8-17-6-7-18-13/h6-8,11-12,14H,4-5,9-10H2,1-3H3,(H,19,21)/t12-,14-/m1/s1. The topological polar surface area (TPSA) is 75.2 Å². The molecule has 2 rings (SSSR count). The van der Waals surface area contributed by atoms with Crippen molar-refractivity contribution < 1.29 is 9.59 Å². The van der Waals surface area contributed by atoms with Crippen LogP contribution < -0.4 is 5.32 Å². The van der Waals surface area contributed by atoms with E-state index in [1.807, 2.05) is 6.92 Å². The molecule has 1 aliphatic rings. The van der Waals surface area contributed by atoms with Crippen molar-refractivity contribution in [2.24, 2.45) is 5.92 Å². The Morgan fingerprint density at radius 3 is 2.78 bits per heavy atom. The van der Waals surface area contributed by atoms with E-state index >= 15 is 0 Å². The number of hydrogen-bond acceptors (Lipinski definition) is 5. The van der Waals surface area contributed by atoms with E-state index in [-0.39, 0.29) is 23.6 Å². The van der Waals surface area contributed by atoms with E-state index in [2.05, 4.69) is 29.1 Å². The Morgan fingerprint density at radius 2 is 2.13 bits per heavy atom. The minimum Gasteiger partial charge on any atom is -0.352 e. The molecular weight excluding hydrogens is 312 g/mol. The normalized spacial score (nSPS) is 19.0. The molecule has 0 spiro atoms. The summed E-state index contributed by atoms with van der Waals surface area (Å²) in [6.45, 7) is 6.35. The van der Waals surface area contributed by atoms with E-state index in [0.717, 1.165) is 12.8 Å². The fourth-order valence-electron chi connectivity index (χ4n) is 2.41. The van der Waals surface area contributed by atoms with E-state index in [4.69, 9.17) is 0 Å². The molecule has 1 aromatic rings. The Bertz CT molecular complexity index is 538. The van der Waals surface area contributed by atoms with Crippen molar-refractivity contribution in [2.45, 2.75) is 45.7 Å². The van der Waals surface area contributed by atoms with Gasteiger partial charge in [0.05, 0.1) is 12.1 Å². The van der Waals surface area contributed by atoms with Crippen LogP contribution in [-0.2, 0) is 4.79 Å². The van der Waals surface area contributed by atoms with Gasteiger partial charge in [0.15, 0.2) is 0 Å². The van der Waals surface area contributed by atoms with Crippen molar-refractivity contribution >= 4 is 23.6 Å². The van der Waals surface area contributed by atoms with Crippen LogP contribution in [0.25, 0.3) is 0 Å². The lowest BCUT2D eigenvalue weighted by Crippen LogP contribution is -2.49. The smallest absolute Gasteiger partial charge is 0.275 e. The largest absolute Gasteiger partial charge is 0.352 e. The zero-order chi connectivity index (χ0) is 16.8. The molecule has 2 atom stereocenters. The van der Waals surface area contributed by atoms with Crippen molar-refractivity contribution in [3.05, 3.63) is 24.3 Å². The Hall–Kier alpha value is -1.63. The van der Waals surface area contributed by atoms with Gasteiger partial charge in [-0.1, -0.05) is 13.8 Å². The molecule has 0 bridgehead atoms. The summed E-state index contributed by atoms with van der Waals surface area (Å²) in [5, 5.41) is 3.03. The lowest BCUT2D eigenvalue weighted by Gasteiger charge is -2.24. The van der Waals surface area contributed by atoms with Crippen LogP contribution in [0.3, 0.4) is 0 Å². The summed E-state index contributed by atoms with van der Waals surface area (Å²) in [6.07, 6.45) is 6.46. The second-order valence-corrected chi connectivity index (χ2v) is 7.26. The number of carbonyl (C=O) groups is 2. The summed E-state index contributed by atoms with van der Waals surface area (Å²) >= 11 is 1.58. The Morgan fingerprint density at radius 1 is 1.35 bits per heavy atom. The molecule has 7 heteroatoms. The third kappa shape index (κ3) is 4.92. The molecule has 0 aromatic carbocycles. The number of hydrogen-bond donors (Lipinski definition) is 1. The molecular formula is C16H24N4O2S. The van der Waals surface area contributed by atoms with Gasteiger partial charge in [-0.05, 0) is 25.7 Å². The number of amides is 2. The van der Waals surface area contributed by atoms with E-state index < -0.39 is 6.04 Å². The molecule has 1 saturated heterocycles. The molecule has 1 fully saturated rings. The number of carbonyl (C=O) groups excluding carboxylic acids is 2. The van der Waals surface area contributed by atoms with E-state index in [1.165, 1.54) is 18.6 Å². The van der Waals surface area contributed by atoms with Crippen molar-refractivity contribution in [1.82, 2.24) is 20.2 Å². The average Bonchev–Trinajstić information content (AvgIpc) is 3.02. The van der Waals surface area contributed by atoms with Crippen LogP contribution >= 0.6 is 11.8 Å². The maximum atomic E-state index is 12.5. The number of aromatic nitrogens is 2. The predicted molar refractivity (Wildman–Crippen MR) is 91.0 cm³/mol. The molecule has 1 N–H and O–H groups in total. The summed E-state index contributed by atoms with van der Waals surface area (Å²) in [7, 11) is 0. The first-order valence-electron chi connectivity index (χ1n) is 7.94. The van der Waals surface area contributed by atoms with Gasteiger partial charge in [-0.3, -0.25) is 14.6 Å². The van der Waals surface area contributed by atoms with Gasteiger partial charge in [-0.25, -0.2) is 4.98 Å². The molecule has 0 saturated carbocycles. The molecule has 0 unspecified atom stereocenters. The first-order valence-corrected chi connectivity index (χ1v) is 9.09. The summed E-state index contributed by atoms with van der Waals surface area (Å²) in [6, 6.07) is -0.319. The zero-order valence-electron chi connectivity index (χ0n) is 13.9. The lowest BCUT2D eigenvalue weighted by atomic mass is 10.0. The predicted octanol–water partition coefficient (Wildman–Crippen LogP) is 1.93. The van der Waals surface area contributed by atoms with Crippen LogP contribution in [-0.4, -0.2) is 50.4 Å². The molecule has 23 heavy (non-hydrogen) atoms. The van der Waals surface area contributed by atoms with Gasteiger partial charge >= 0.3 is 0 Å². The highest BCUT2D eigenvalue weighted by molar-refractivity contribution is 7.99. The first kappa shape index (κ1) is 17.7. The number of nitrogens with zero attached hydrogens (tertiary/aromatic N) is 3. The highest BCUT2D eigenvalue weighted by atomic mass is 32.2. The number of rotatable bonds is 6. The van der Waals surface area contributed by atoms with Crippen LogP contribution in [0.2, 0.25) is 0 Å². The van der Waals surface area contributed by atoms with Crippen LogP contribution in [0.15, 0.2) is 18.6 Å². The molecule has 2 amide bonds. The Balaban J connectivity index is 1.95. The quantitative estimate of drug-likeness (QED) is 0.859. The van der Waals surface area contributed by atoms with Gasteiger partial charge < -0.3 is 10.2 Å². The number of nitrogens with one attached hydrogen (secondary N) is 1. The first-order chi connectivity index (χ1) is 11.0. The maximum Gasteiger partial charge on any atom is 0.275 e. The van der Waals surface area contributed by atoms with Crippen molar-refractivity contribution in [3.63, 3.8) is 0 Å². The molecule has 2 heterocycles. The van der Waals surface area contributed by atoms with Crippen molar-refractivity contribution in [2.75, 3.05) is 11.6 Å². The van der Waals surface area contributed by atoms with Crippen LogP contribution in [0.1, 0.15) is 44.1 Å². The van der Waals surface area contributed by atoms with Crippen molar-refractivity contribution in [3.8, 4) is 0 Å². The SMILES string of the molecule is CC(C)CC[C@@H](C)NC(=O)[C@H]1CSCN1C(=O)c1cnccn1. The van der Waals surface area contributed by atoms with Gasteiger partial charge in [0, 0.05) is 24.2 Å². The van der Waals surface area contributed by atoms with Crippen LogP contribution in [0.4, 0.5) is 0 Å². The highest BCUT2D eigenvalue weighted by Gasteiger charge is 2.36. The van der Waals surface area contributed by atoms with E-state index in [9.17, 15) is 9.59 Å². The fourth-order valence-corrected chi connectivity index (χ4v) is 3.57. The van der Waals surface area contributed by atoms with Crippen molar-refractivity contribution in [1.29, 1.82) is 0 Å². The molecule has 0 radical (unpaired) electrons. The Kier molecular flexibility index (Phi) is 6.38. The third-order valence-corrected chi connectivity index (χ3v) is 4.81. The summed E-state index contributed by atoms with van der Waals surface area (Å²) in [5.74, 6) is 1.43. The van der Waals surface area contributed by atoms with Gasteiger partial charge in [-0.2, -0.15) is 0 Å². The van der Waals surface area contributed by atoms with Crippen LogP contribution in [0.5, 0.6) is 0 Å². The highest BCUT2D eigenvalue weighted by Crippen LogP contribution is 2.23. The zero-order valence-corrected chi connectivity index (χ0v) is 14.7. The molecule has 1 aromatic heterocycles. The molecule has 1 aliphatic heterocycles. The molecule has 126 valence electrons. The summed E-state index contributed by atoms with van der Waals surface area (Å²) in [5.41, 5.74) is 0.278. The summed E-state index contributed by atoms with van der Waals surface area (Å²) in [4.78, 5) is 34.5.